The molecule has 0 amide bonds. The molecule has 0 saturated heterocycles. The van der Waals surface area contributed by atoms with E-state index < -0.39 is 17.3 Å². The lowest BCUT2D eigenvalue weighted by Crippen LogP contribution is -2.12. The van der Waals surface area contributed by atoms with Crippen molar-refractivity contribution in [2.45, 2.75) is 6.18 Å². The van der Waals surface area contributed by atoms with Crippen LogP contribution < -0.4 is 0 Å². The molecule has 86 valence electrons. The topological polar surface area (TPSA) is 41.6 Å². The standard InChI is InChI=1S/C11H6F3N3/c12-11(13,14)10-8(6-15)2-1-3-9(10)17-5-4-16-7-17/h1-5,7H. The summed E-state index contributed by atoms with van der Waals surface area (Å²) in [6.07, 6.45) is -0.553. The number of nitriles is 1. The number of imidazole rings is 1. The molecular weight excluding hydrogens is 231 g/mol. The van der Waals surface area contributed by atoms with E-state index in [1.165, 1.54) is 35.4 Å². The molecule has 0 radical (unpaired) electrons. The Balaban J connectivity index is 2.73. The van der Waals surface area contributed by atoms with Gasteiger partial charge in [-0.3, -0.25) is 0 Å². The largest absolute Gasteiger partial charge is 0.419 e. The first-order valence-corrected chi connectivity index (χ1v) is 4.62. The highest BCUT2D eigenvalue weighted by molar-refractivity contribution is 5.52. The second-order valence-electron chi connectivity index (χ2n) is 3.28. The van der Waals surface area contributed by atoms with Gasteiger partial charge in [-0.05, 0) is 12.1 Å². The summed E-state index contributed by atoms with van der Waals surface area (Å²) < 4.78 is 39.9. The van der Waals surface area contributed by atoms with E-state index in [-0.39, 0.29) is 5.69 Å². The predicted octanol–water partition coefficient (Wildman–Crippen LogP) is 2.76. The monoisotopic (exact) mass is 237 g/mol. The summed E-state index contributed by atoms with van der Waals surface area (Å²) in [4.78, 5) is 3.69. The first-order valence-electron chi connectivity index (χ1n) is 4.62. The van der Waals surface area contributed by atoms with Crippen LogP contribution in [0.4, 0.5) is 13.2 Å². The van der Waals surface area contributed by atoms with Crippen LogP contribution in [0.25, 0.3) is 5.69 Å². The first kappa shape index (κ1) is 11.2. The number of alkyl halides is 3. The van der Waals surface area contributed by atoms with Crippen molar-refractivity contribution in [2.75, 3.05) is 0 Å². The Kier molecular flexibility index (Phi) is 2.60. The normalized spacial score (nSPS) is 11.2. The molecule has 0 aliphatic carbocycles. The summed E-state index contributed by atoms with van der Waals surface area (Å²) in [7, 11) is 0. The highest BCUT2D eigenvalue weighted by Crippen LogP contribution is 2.36. The summed E-state index contributed by atoms with van der Waals surface area (Å²) >= 11 is 0. The molecule has 2 rings (SSSR count). The summed E-state index contributed by atoms with van der Waals surface area (Å²) in [6, 6.07) is 5.40. The summed E-state index contributed by atoms with van der Waals surface area (Å²) in [5, 5.41) is 8.73. The van der Waals surface area contributed by atoms with Gasteiger partial charge in [-0.2, -0.15) is 18.4 Å². The Hall–Kier alpha value is -2.29. The van der Waals surface area contributed by atoms with Gasteiger partial charge in [0, 0.05) is 12.4 Å². The molecule has 0 aliphatic rings. The Labute approximate surface area is 94.7 Å². The van der Waals surface area contributed by atoms with Crippen LogP contribution in [0, 0.1) is 11.3 Å². The fourth-order valence-electron chi connectivity index (χ4n) is 1.55. The molecule has 0 aliphatic heterocycles. The van der Waals surface area contributed by atoms with Crippen LogP contribution in [0.15, 0.2) is 36.9 Å². The van der Waals surface area contributed by atoms with Gasteiger partial charge < -0.3 is 4.57 Å². The molecule has 3 nitrogen and oxygen atoms in total. The van der Waals surface area contributed by atoms with Gasteiger partial charge in [0.1, 0.15) is 0 Å². The zero-order chi connectivity index (χ0) is 12.5. The van der Waals surface area contributed by atoms with Crippen LogP contribution in [0.2, 0.25) is 0 Å². The van der Waals surface area contributed by atoms with E-state index >= 15 is 0 Å². The van der Waals surface area contributed by atoms with Gasteiger partial charge >= 0.3 is 6.18 Å². The van der Waals surface area contributed by atoms with Gasteiger partial charge in [-0.15, -0.1) is 0 Å². The maximum absolute atomic E-state index is 12.9. The molecular formula is C11H6F3N3. The Morgan fingerprint density at radius 2 is 2.06 bits per heavy atom. The Bertz CT molecular complexity index is 565. The van der Waals surface area contributed by atoms with Crippen LogP contribution >= 0.6 is 0 Å². The first-order chi connectivity index (χ1) is 8.04. The van der Waals surface area contributed by atoms with E-state index in [0.717, 1.165) is 6.07 Å². The second kappa shape index (κ2) is 3.94. The van der Waals surface area contributed by atoms with Crippen molar-refractivity contribution in [3.63, 3.8) is 0 Å². The molecule has 0 N–H and O–H groups in total. The molecule has 0 fully saturated rings. The molecule has 1 heterocycles. The average Bonchev–Trinajstić information content (AvgIpc) is 2.80. The van der Waals surface area contributed by atoms with Crippen molar-refractivity contribution in [1.82, 2.24) is 9.55 Å². The lowest BCUT2D eigenvalue weighted by Gasteiger charge is -2.14. The highest BCUT2D eigenvalue weighted by Gasteiger charge is 2.36. The zero-order valence-corrected chi connectivity index (χ0v) is 8.44. The number of hydrogen-bond donors (Lipinski definition) is 0. The molecule has 1 aromatic carbocycles. The molecule has 1 aromatic heterocycles. The van der Waals surface area contributed by atoms with Crippen LogP contribution in [0.3, 0.4) is 0 Å². The van der Waals surface area contributed by atoms with Gasteiger partial charge in [-0.25, -0.2) is 4.98 Å². The van der Waals surface area contributed by atoms with E-state index in [4.69, 9.17) is 5.26 Å². The minimum absolute atomic E-state index is 0.103. The lowest BCUT2D eigenvalue weighted by molar-refractivity contribution is -0.137. The third kappa shape index (κ3) is 1.99. The molecule has 0 bridgehead atoms. The van der Waals surface area contributed by atoms with Crippen molar-refractivity contribution in [3.8, 4) is 11.8 Å². The number of nitrogens with zero attached hydrogens (tertiary/aromatic N) is 3. The third-order valence-electron chi connectivity index (χ3n) is 2.23. The van der Waals surface area contributed by atoms with Gasteiger partial charge in [0.25, 0.3) is 0 Å². The Morgan fingerprint density at radius 1 is 1.29 bits per heavy atom. The quantitative estimate of drug-likeness (QED) is 0.765. The maximum Gasteiger partial charge on any atom is 0.419 e. The van der Waals surface area contributed by atoms with Crippen LogP contribution in [-0.4, -0.2) is 9.55 Å². The van der Waals surface area contributed by atoms with Crippen molar-refractivity contribution < 1.29 is 13.2 Å². The number of aromatic nitrogens is 2. The number of rotatable bonds is 1. The van der Waals surface area contributed by atoms with Crippen molar-refractivity contribution in [2.24, 2.45) is 0 Å². The number of halogens is 3. The van der Waals surface area contributed by atoms with Crippen molar-refractivity contribution in [3.05, 3.63) is 48.0 Å². The molecule has 0 unspecified atom stereocenters. The van der Waals surface area contributed by atoms with E-state index in [2.05, 4.69) is 4.98 Å². The fourth-order valence-corrected chi connectivity index (χ4v) is 1.55. The van der Waals surface area contributed by atoms with Crippen LogP contribution in [0.5, 0.6) is 0 Å². The molecule has 0 atom stereocenters. The van der Waals surface area contributed by atoms with Crippen LogP contribution in [-0.2, 0) is 6.18 Å². The number of hydrogen-bond acceptors (Lipinski definition) is 2. The molecule has 6 heteroatoms. The Morgan fingerprint density at radius 3 is 2.59 bits per heavy atom. The minimum atomic E-state index is -4.58. The minimum Gasteiger partial charge on any atom is -0.306 e. The summed E-state index contributed by atoms with van der Waals surface area (Å²) in [5.41, 5.74) is -1.45. The molecule has 2 aromatic rings. The van der Waals surface area contributed by atoms with Gasteiger partial charge in [0.05, 0.1) is 29.2 Å². The third-order valence-corrected chi connectivity index (χ3v) is 2.23. The van der Waals surface area contributed by atoms with Crippen molar-refractivity contribution >= 4 is 0 Å². The highest BCUT2D eigenvalue weighted by atomic mass is 19.4. The summed E-state index contributed by atoms with van der Waals surface area (Å²) in [5.74, 6) is 0. The zero-order valence-electron chi connectivity index (χ0n) is 8.44. The second-order valence-corrected chi connectivity index (χ2v) is 3.28. The maximum atomic E-state index is 12.9. The molecule has 17 heavy (non-hydrogen) atoms. The van der Waals surface area contributed by atoms with Crippen LogP contribution in [0.1, 0.15) is 11.1 Å². The molecule has 0 spiro atoms. The fraction of sp³-hybridized carbons (Fsp3) is 0.0909. The SMILES string of the molecule is N#Cc1cccc(-n2ccnc2)c1C(F)(F)F. The number of benzene rings is 1. The average molecular weight is 237 g/mol. The molecule has 0 saturated carbocycles. The summed E-state index contributed by atoms with van der Waals surface area (Å²) in [6.45, 7) is 0. The van der Waals surface area contributed by atoms with Gasteiger partial charge in [-0.1, -0.05) is 6.07 Å². The predicted molar refractivity (Wildman–Crippen MR) is 53.3 cm³/mol. The van der Waals surface area contributed by atoms with E-state index in [0.29, 0.717) is 0 Å². The lowest BCUT2D eigenvalue weighted by atomic mass is 10.1. The van der Waals surface area contributed by atoms with E-state index in [1.807, 2.05) is 0 Å². The van der Waals surface area contributed by atoms with Crippen molar-refractivity contribution in [1.29, 1.82) is 5.26 Å². The van der Waals surface area contributed by atoms with E-state index in [9.17, 15) is 13.2 Å². The van der Waals surface area contributed by atoms with E-state index in [1.54, 1.807) is 6.07 Å². The van der Waals surface area contributed by atoms with Gasteiger partial charge in [0.15, 0.2) is 0 Å². The van der Waals surface area contributed by atoms with Gasteiger partial charge in [0.2, 0.25) is 0 Å². The smallest absolute Gasteiger partial charge is 0.306 e.